The molecule has 90 valence electrons. The molecule has 0 saturated carbocycles. The van der Waals surface area contributed by atoms with E-state index in [-0.39, 0.29) is 6.10 Å². The van der Waals surface area contributed by atoms with Gasteiger partial charge in [-0.1, -0.05) is 37.6 Å². The molecule has 0 spiro atoms. The number of hydrogen-bond acceptors (Lipinski definition) is 2. The number of rotatable bonds is 6. The van der Waals surface area contributed by atoms with Crippen LogP contribution in [0.3, 0.4) is 0 Å². The number of aliphatic hydroxyl groups is 1. The molecular weight excluding hydrogens is 222 g/mol. The highest BCUT2D eigenvalue weighted by Crippen LogP contribution is 2.12. The second-order valence-corrected chi connectivity index (χ2v) is 4.82. The quantitative estimate of drug-likeness (QED) is 0.803. The predicted molar refractivity (Wildman–Crippen MR) is 68.9 cm³/mol. The molecule has 16 heavy (non-hydrogen) atoms. The van der Waals surface area contributed by atoms with Crippen LogP contribution in [0.4, 0.5) is 0 Å². The lowest BCUT2D eigenvalue weighted by Crippen LogP contribution is -2.32. The molecule has 0 radical (unpaired) electrons. The van der Waals surface area contributed by atoms with Crippen molar-refractivity contribution in [2.75, 3.05) is 6.54 Å². The minimum absolute atomic E-state index is 0.290. The van der Waals surface area contributed by atoms with E-state index in [9.17, 15) is 5.11 Å². The van der Waals surface area contributed by atoms with Gasteiger partial charge in [0.2, 0.25) is 0 Å². The fourth-order valence-electron chi connectivity index (χ4n) is 1.50. The Balaban J connectivity index is 2.28. The van der Waals surface area contributed by atoms with Crippen molar-refractivity contribution in [1.29, 1.82) is 0 Å². The summed E-state index contributed by atoms with van der Waals surface area (Å²) in [6.45, 7) is 4.80. The zero-order valence-corrected chi connectivity index (χ0v) is 10.7. The van der Waals surface area contributed by atoms with Gasteiger partial charge in [-0.25, -0.2) is 0 Å². The van der Waals surface area contributed by atoms with Gasteiger partial charge in [-0.15, -0.1) is 0 Å². The van der Waals surface area contributed by atoms with E-state index < -0.39 is 0 Å². The monoisotopic (exact) mass is 241 g/mol. The molecule has 0 fully saturated rings. The fourth-order valence-corrected chi connectivity index (χ4v) is 1.71. The smallest absolute Gasteiger partial charge is 0.0667 e. The lowest BCUT2D eigenvalue weighted by molar-refractivity contribution is 0.159. The fraction of sp³-hybridized carbons (Fsp3) is 0.538. The van der Waals surface area contributed by atoms with Crippen LogP contribution in [-0.4, -0.2) is 23.8 Å². The number of aliphatic hydroxyl groups excluding tert-OH is 1. The molecule has 1 aromatic rings. The molecular formula is C13H20ClNO. The summed E-state index contributed by atoms with van der Waals surface area (Å²) in [6, 6.07) is 8.21. The highest BCUT2D eigenvalue weighted by molar-refractivity contribution is 6.30. The molecule has 0 aliphatic heterocycles. The Bertz CT molecular complexity index is 315. The molecule has 1 rings (SSSR count). The first-order valence-electron chi connectivity index (χ1n) is 5.74. The normalized spacial score (nSPS) is 13.1. The first-order valence-corrected chi connectivity index (χ1v) is 6.11. The molecule has 0 bridgehead atoms. The van der Waals surface area contributed by atoms with Crippen LogP contribution in [0.1, 0.15) is 25.8 Å². The summed E-state index contributed by atoms with van der Waals surface area (Å²) in [5.74, 6) is 0. The van der Waals surface area contributed by atoms with E-state index in [1.54, 1.807) is 0 Å². The third-order valence-corrected chi connectivity index (χ3v) is 2.65. The Hall–Kier alpha value is -0.570. The maximum Gasteiger partial charge on any atom is 0.0667 e. The van der Waals surface area contributed by atoms with Crippen molar-refractivity contribution in [3.63, 3.8) is 0 Å². The molecule has 1 aromatic carbocycles. The summed E-state index contributed by atoms with van der Waals surface area (Å²) >= 11 is 5.89. The molecule has 0 heterocycles. The average Bonchev–Trinajstić information content (AvgIpc) is 2.23. The number of halogens is 1. The van der Waals surface area contributed by atoms with E-state index in [1.165, 1.54) is 5.56 Å². The van der Waals surface area contributed by atoms with Gasteiger partial charge in [0.05, 0.1) is 6.10 Å². The van der Waals surface area contributed by atoms with Crippen LogP contribution >= 0.6 is 11.6 Å². The Morgan fingerprint density at radius 2 is 2.12 bits per heavy atom. The van der Waals surface area contributed by atoms with Gasteiger partial charge in [-0.3, -0.25) is 0 Å². The van der Waals surface area contributed by atoms with Gasteiger partial charge in [0.25, 0.3) is 0 Å². The average molecular weight is 242 g/mol. The largest absolute Gasteiger partial charge is 0.392 e. The summed E-state index contributed by atoms with van der Waals surface area (Å²) in [4.78, 5) is 0. The Labute approximate surface area is 103 Å². The van der Waals surface area contributed by atoms with Gasteiger partial charge < -0.3 is 10.4 Å². The lowest BCUT2D eigenvalue weighted by atomic mass is 10.1. The van der Waals surface area contributed by atoms with Crippen molar-refractivity contribution in [2.45, 2.75) is 38.8 Å². The van der Waals surface area contributed by atoms with Crippen molar-refractivity contribution >= 4 is 11.6 Å². The SMILES string of the molecule is CC(C)NCC(O)CCc1cccc(Cl)c1. The van der Waals surface area contributed by atoms with E-state index in [4.69, 9.17) is 11.6 Å². The molecule has 1 atom stereocenters. The molecule has 0 aromatic heterocycles. The minimum atomic E-state index is -0.290. The Morgan fingerprint density at radius 3 is 2.75 bits per heavy atom. The highest BCUT2D eigenvalue weighted by Gasteiger charge is 2.05. The number of nitrogens with one attached hydrogen (secondary N) is 1. The van der Waals surface area contributed by atoms with Crippen LogP contribution in [0.5, 0.6) is 0 Å². The molecule has 3 heteroatoms. The van der Waals surface area contributed by atoms with Crippen LogP contribution in [0.15, 0.2) is 24.3 Å². The van der Waals surface area contributed by atoms with Crippen LogP contribution in [0.25, 0.3) is 0 Å². The zero-order chi connectivity index (χ0) is 12.0. The Morgan fingerprint density at radius 1 is 1.38 bits per heavy atom. The number of benzene rings is 1. The summed E-state index contributed by atoms with van der Waals surface area (Å²) in [6.07, 6.45) is 1.34. The second kappa shape index (κ2) is 6.89. The van der Waals surface area contributed by atoms with Gasteiger partial charge in [-0.05, 0) is 30.5 Å². The maximum absolute atomic E-state index is 9.73. The van der Waals surface area contributed by atoms with Crippen molar-refractivity contribution in [1.82, 2.24) is 5.32 Å². The molecule has 0 amide bonds. The zero-order valence-electron chi connectivity index (χ0n) is 9.91. The summed E-state index contributed by atoms with van der Waals surface area (Å²) in [5.41, 5.74) is 1.18. The van der Waals surface area contributed by atoms with Crippen molar-refractivity contribution in [2.24, 2.45) is 0 Å². The van der Waals surface area contributed by atoms with Gasteiger partial charge >= 0.3 is 0 Å². The topological polar surface area (TPSA) is 32.3 Å². The second-order valence-electron chi connectivity index (χ2n) is 4.39. The van der Waals surface area contributed by atoms with Crippen molar-refractivity contribution in [3.8, 4) is 0 Å². The van der Waals surface area contributed by atoms with Crippen LogP contribution < -0.4 is 5.32 Å². The molecule has 2 N–H and O–H groups in total. The molecule has 0 aliphatic rings. The van der Waals surface area contributed by atoms with E-state index in [1.807, 2.05) is 24.3 Å². The number of hydrogen-bond donors (Lipinski definition) is 2. The molecule has 2 nitrogen and oxygen atoms in total. The maximum atomic E-state index is 9.73. The van der Waals surface area contributed by atoms with Crippen LogP contribution in [-0.2, 0) is 6.42 Å². The van der Waals surface area contributed by atoms with Gasteiger partial charge in [0, 0.05) is 17.6 Å². The first-order chi connectivity index (χ1) is 7.58. The third-order valence-electron chi connectivity index (χ3n) is 2.42. The van der Waals surface area contributed by atoms with Crippen LogP contribution in [0, 0.1) is 0 Å². The van der Waals surface area contributed by atoms with E-state index in [0.717, 1.165) is 17.9 Å². The van der Waals surface area contributed by atoms with Crippen molar-refractivity contribution in [3.05, 3.63) is 34.9 Å². The van der Waals surface area contributed by atoms with Crippen LogP contribution in [0.2, 0.25) is 5.02 Å². The lowest BCUT2D eigenvalue weighted by Gasteiger charge is -2.13. The number of aryl methyl sites for hydroxylation is 1. The summed E-state index contributed by atoms with van der Waals surface area (Å²) in [5, 5.41) is 13.7. The predicted octanol–water partition coefficient (Wildman–Crippen LogP) is 2.63. The van der Waals surface area contributed by atoms with Gasteiger partial charge in [0.15, 0.2) is 0 Å². The van der Waals surface area contributed by atoms with Gasteiger partial charge in [-0.2, -0.15) is 0 Å². The molecule has 0 saturated heterocycles. The Kier molecular flexibility index (Phi) is 5.81. The van der Waals surface area contributed by atoms with Gasteiger partial charge in [0.1, 0.15) is 0 Å². The highest BCUT2D eigenvalue weighted by atomic mass is 35.5. The van der Waals surface area contributed by atoms with Crippen molar-refractivity contribution < 1.29 is 5.11 Å². The van der Waals surface area contributed by atoms with E-state index in [2.05, 4.69) is 19.2 Å². The molecule has 1 unspecified atom stereocenters. The third kappa shape index (κ3) is 5.50. The summed E-state index contributed by atoms with van der Waals surface area (Å²) < 4.78 is 0. The van der Waals surface area contributed by atoms with E-state index >= 15 is 0 Å². The standard InChI is InChI=1S/C13H20ClNO/c1-10(2)15-9-13(16)7-6-11-4-3-5-12(14)8-11/h3-5,8,10,13,15-16H,6-7,9H2,1-2H3. The minimum Gasteiger partial charge on any atom is -0.392 e. The first kappa shape index (κ1) is 13.5. The summed E-state index contributed by atoms with van der Waals surface area (Å²) in [7, 11) is 0. The molecule has 0 aliphatic carbocycles. The van der Waals surface area contributed by atoms with E-state index in [0.29, 0.717) is 12.6 Å².